The molecule has 1 saturated heterocycles. The van der Waals surface area contributed by atoms with Gasteiger partial charge >= 0.3 is 0 Å². The summed E-state index contributed by atoms with van der Waals surface area (Å²) >= 11 is 0. The fourth-order valence-electron chi connectivity index (χ4n) is 1.59. The van der Waals surface area contributed by atoms with Gasteiger partial charge in [0, 0.05) is 14.2 Å². The van der Waals surface area contributed by atoms with E-state index in [2.05, 4.69) is 0 Å². The first-order valence-corrected chi connectivity index (χ1v) is 4.48. The summed E-state index contributed by atoms with van der Waals surface area (Å²) < 4.78 is 15.4. The first-order chi connectivity index (χ1) is 6.61. The molecule has 0 aliphatic carbocycles. The van der Waals surface area contributed by atoms with Crippen LogP contribution >= 0.6 is 0 Å². The standard InChI is InChI=1S/C8H18N2O4/c1-12-3-4-7(13-2)6(11)5(9)8(10)14-4/h4-8,11H,3,9-10H2,1-2H3/t4?,5?,6?,7-,8-/m1/s1. The van der Waals surface area contributed by atoms with Crippen LogP contribution in [0.1, 0.15) is 0 Å². The van der Waals surface area contributed by atoms with Crippen LogP contribution in [0.4, 0.5) is 0 Å². The Morgan fingerprint density at radius 3 is 2.50 bits per heavy atom. The Bertz CT molecular complexity index is 181. The SMILES string of the molecule is COCC1O[C@@H](N)C(N)C(O)[C@@H]1OC. The van der Waals surface area contributed by atoms with Gasteiger partial charge in [-0.2, -0.15) is 0 Å². The molecule has 0 saturated carbocycles. The zero-order valence-electron chi connectivity index (χ0n) is 8.42. The van der Waals surface area contributed by atoms with Gasteiger partial charge in [-0.25, -0.2) is 0 Å². The van der Waals surface area contributed by atoms with Crippen molar-refractivity contribution in [3.8, 4) is 0 Å². The van der Waals surface area contributed by atoms with E-state index < -0.39 is 24.5 Å². The smallest absolute Gasteiger partial charge is 0.124 e. The maximum atomic E-state index is 9.74. The van der Waals surface area contributed by atoms with E-state index in [9.17, 15) is 5.11 Å². The number of hydrogen-bond acceptors (Lipinski definition) is 6. The van der Waals surface area contributed by atoms with Gasteiger partial charge in [0.15, 0.2) is 0 Å². The van der Waals surface area contributed by atoms with Gasteiger partial charge < -0.3 is 30.8 Å². The molecule has 1 aliphatic rings. The molecule has 5 N–H and O–H groups in total. The Morgan fingerprint density at radius 2 is 2.00 bits per heavy atom. The number of nitrogens with two attached hydrogens (primary N) is 2. The van der Waals surface area contributed by atoms with Crippen molar-refractivity contribution in [1.29, 1.82) is 0 Å². The van der Waals surface area contributed by atoms with Crippen molar-refractivity contribution in [3.05, 3.63) is 0 Å². The van der Waals surface area contributed by atoms with Crippen LogP contribution in [0.15, 0.2) is 0 Å². The zero-order chi connectivity index (χ0) is 10.7. The van der Waals surface area contributed by atoms with Crippen molar-refractivity contribution in [1.82, 2.24) is 0 Å². The molecule has 0 spiro atoms. The Kier molecular flexibility index (Phi) is 4.24. The summed E-state index contributed by atoms with van der Waals surface area (Å²) in [5, 5.41) is 9.74. The topological polar surface area (TPSA) is 100.0 Å². The molecule has 14 heavy (non-hydrogen) atoms. The summed E-state index contributed by atoms with van der Waals surface area (Å²) in [4.78, 5) is 0. The van der Waals surface area contributed by atoms with E-state index in [1.807, 2.05) is 0 Å². The predicted octanol–water partition coefficient (Wildman–Crippen LogP) is -1.98. The molecule has 6 heteroatoms. The number of aliphatic hydroxyl groups is 1. The molecule has 0 aromatic heterocycles. The molecule has 3 unspecified atom stereocenters. The predicted molar refractivity (Wildman–Crippen MR) is 49.5 cm³/mol. The molecule has 0 amide bonds. The third-order valence-corrected chi connectivity index (χ3v) is 2.41. The minimum Gasteiger partial charge on any atom is -0.389 e. The summed E-state index contributed by atoms with van der Waals surface area (Å²) in [6, 6.07) is -0.631. The van der Waals surface area contributed by atoms with Crippen molar-refractivity contribution >= 4 is 0 Å². The second kappa shape index (κ2) is 5.01. The molecule has 6 nitrogen and oxygen atoms in total. The maximum absolute atomic E-state index is 9.74. The van der Waals surface area contributed by atoms with E-state index in [0.717, 1.165) is 0 Å². The van der Waals surface area contributed by atoms with Crippen LogP contribution in [0.5, 0.6) is 0 Å². The third-order valence-electron chi connectivity index (χ3n) is 2.41. The first-order valence-electron chi connectivity index (χ1n) is 4.48. The van der Waals surface area contributed by atoms with E-state index in [1.165, 1.54) is 7.11 Å². The molecule has 0 radical (unpaired) electrons. The van der Waals surface area contributed by atoms with Crippen molar-refractivity contribution < 1.29 is 19.3 Å². The van der Waals surface area contributed by atoms with Gasteiger partial charge in [0.25, 0.3) is 0 Å². The molecule has 1 heterocycles. The van der Waals surface area contributed by atoms with Gasteiger partial charge in [-0.1, -0.05) is 0 Å². The van der Waals surface area contributed by atoms with E-state index in [-0.39, 0.29) is 6.10 Å². The van der Waals surface area contributed by atoms with Crippen LogP contribution in [-0.4, -0.2) is 56.5 Å². The molecule has 5 atom stereocenters. The lowest BCUT2D eigenvalue weighted by Gasteiger charge is -2.41. The highest BCUT2D eigenvalue weighted by Crippen LogP contribution is 2.19. The van der Waals surface area contributed by atoms with E-state index >= 15 is 0 Å². The normalized spacial score (nSPS) is 43.9. The van der Waals surface area contributed by atoms with Crippen LogP contribution in [-0.2, 0) is 14.2 Å². The lowest BCUT2D eigenvalue weighted by Crippen LogP contribution is -2.65. The van der Waals surface area contributed by atoms with Gasteiger partial charge in [-0.15, -0.1) is 0 Å². The number of hydrogen-bond donors (Lipinski definition) is 3. The molecule has 0 aromatic carbocycles. The number of aliphatic hydroxyl groups excluding tert-OH is 1. The van der Waals surface area contributed by atoms with Crippen LogP contribution in [0.2, 0.25) is 0 Å². The second-order valence-electron chi connectivity index (χ2n) is 3.36. The summed E-state index contributed by atoms with van der Waals surface area (Å²) in [6.07, 6.45) is -2.39. The van der Waals surface area contributed by atoms with Gasteiger partial charge in [0.05, 0.1) is 12.6 Å². The number of rotatable bonds is 3. The highest BCUT2D eigenvalue weighted by molar-refractivity contribution is 4.93. The molecular formula is C8H18N2O4. The first kappa shape index (κ1) is 11.8. The maximum Gasteiger partial charge on any atom is 0.124 e. The zero-order valence-corrected chi connectivity index (χ0v) is 8.42. The van der Waals surface area contributed by atoms with Crippen LogP contribution in [0.25, 0.3) is 0 Å². The Hall–Kier alpha value is -0.240. The molecule has 1 aliphatic heterocycles. The summed E-state index contributed by atoms with van der Waals surface area (Å²) in [5.41, 5.74) is 11.2. The lowest BCUT2D eigenvalue weighted by atomic mass is 9.97. The highest BCUT2D eigenvalue weighted by Gasteiger charge is 2.42. The summed E-state index contributed by atoms with van der Waals surface area (Å²) in [6.45, 7) is 0.315. The average Bonchev–Trinajstić information content (AvgIpc) is 2.16. The highest BCUT2D eigenvalue weighted by atomic mass is 16.6. The lowest BCUT2D eigenvalue weighted by molar-refractivity contribution is -0.198. The molecule has 84 valence electrons. The molecule has 0 aromatic rings. The molecule has 0 bridgehead atoms. The number of ether oxygens (including phenoxy) is 3. The summed E-state index contributed by atoms with van der Waals surface area (Å²) in [7, 11) is 3.03. The van der Waals surface area contributed by atoms with Crippen molar-refractivity contribution in [2.45, 2.75) is 30.6 Å². The molecular weight excluding hydrogens is 188 g/mol. The minimum absolute atomic E-state index is 0.315. The number of methoxy groups -OCH3 is 2. The quantitative estimate of drug-likeness (QED) is 0.495. The van der Waals surface area contributed by atoms with E-state index in [0.29, 0.717) is 6.61 Å². The van der Waals surface area contributed by atoms with Crippen LogP contribution in [0, 0.1) is 0 Å². The monoisotopic (exact) mass is 206 g/mol. The van der Waals surface area contributed by atoms with Crippen LogP contribution < -0.4 is 11.5 Å². The minimum atomic E-state index is -0.830. The summed E-state index contributed by atoms with van der Waals surface area (Å²) in [5.74, 6) is 0. The van der Waals surface area contributed by atoms with Gasteiger partial charge in [-0.3, -0.25) is 0 Å². The Balaban J connectivity index is 2.66. The second-order valence-corrected chi connectivity index (χ2v) is 3.36. The largest absolute Gasteiger partial charge is 0.389 e. The van der Waals surface area contributed by atoms with Gasteiger partial charge in [0.2, 0.25) is 0 Å². The third kappa shape index (κ3) is 2.22. The van der Waals surface area contributed by atoms with Gasteiger partial charge in [-0.05, 0) is 0 Å². The fourth-order valence-corrected chi connectivity index (χ4v) is 1.59. The fraction of sp³-hybridized carbons (Fsp3) is 1.00. The Labute approximate surface area is 83.1 Å². The Morgan fingerprint density at radius 1 is 1.36 bits per heavy atom. The van der Waals surface area contributed by atoms with E-state index in [4.69, 9.17) is 25.7 Å². The van der Waals surface area contributed by atoms with Gasteiger partial charge in [0.1, 0.15) is 24.5 Å². The van der Waals surface area contributed by atoms with Crippen molar-refractivity contribution in [2.75, 3.05) is 20.8 Å². The average molecular weight is 206 g/mol. The van der Waals surface area contributed by atoms with Crippen molar-refractivity contribution in [3.63, 3.8) is 0 Å². The molecule has 1 rings (SSSR count). The van der Waals surface area contributed by atoms with Crippen molar-refractivity contribution in [2.24, 2.45) is 11.5 Å². The molecule has 1 fully saturated rings. The van der Waals surface area contributed by atoms with Crippen LogP contribution in [0.3, 0.4) is 0 Å². The van der Waals surface area contributed by atoms with E-state index in [1.54, 1.807) is 7.11 Å².